The second kappa shape index (κ2) is 7.09. The molecule has 2 amide bonds. The van der Waals surface area contributed by atoms with Crippen molar-refractivity contribution in [3.63, 3.8) is 0 Å². The van der Waals surface area contributed by atoms with Gasteiger partial charge in [0.25, 0.3) is 0 Å². The average Bonchev–Trinajstić information content (AvgIpc) is 2.84. The predicted octanol–water partition coefficient (Wildman–Crippen LogP) is 2.42. The standard InChI is InChI=1S/C17H22N4O2/c1-18-17(22)20-14-5-6-16-15(10-14)21(8-9-23-16)12-13-4-2-3-7-19-11-13/h3,5-7,10-11,19H,2,4,8-9,12H2,1H3,(H2,18,20,22). The summed E-state index contributed by atoms with van der Waals surface area (Å²) in [7, 11) is 1.60. The van der Waals surface area contributed by atoms with E-state index in [2.05, 4.69) is 33.1 Å². The molecule has 0 saturated carbocycles. The molecule has 122 valence electrons. The topological polar surface area (TPSA) is 65.6 Å². The minimum atomic E-state index is -0.227. The van der Waals surface area contributed by atoms with Gasteiger partial charge in [-0.3, -0.25) is 0 Å². The minimum Gasteiger partial charge on any atom is -0.490 e. The lowest BCUT2D eigenvalue weighted by molar-refractivity contribution is 0.254. The molecular formula is C17H22N4O2. The van der Waals surface area contributed by atoms with Crippen LogP contribution in [0.4, 0.5) is 16.2 Å². The van der Waals surface area contributed by atoms with Crippen molar-refractivity contribution in [3.8, 4) is 5.75 Å². The Labute approximate surface area is 136 Å². The summed E-state index contributed by atoms with van der Waals surface area (Å²) in [5.41, 5.74) is 3.13. The molecule has 2 heterocycles. The van der Waals surface area contributed by atoms with Crippen LogP contribution in [0.3, 0.4) is 0 Å². The van der Waals surface area contributed by atoms with Crippen molar-refractivity contribution in [1.29, 1.82) is 0 Å². The number of urea groups is 1. The van der Waals surface area contributed by atoms with Gasteiger partial charge in [-0.1, -0.05) is 6.08 Å². The van der Waals surface area contributed by atoms with Gasteiger partial charge >= 0.3 is 6.03 Å². The molecule has 2 aliphatic rings. The van der Waals surface area contributed by atoms with Crippen LogP contribution in [0.1, 0.15) is 12.8 Å². The molecule has 0 aliphatic carbocycles. The van der Waals surface area contributed by atoms with Crippen LogP contribution >= 0.6 is 0 Å². The van der Waals surface area contributed by atoms with E-state index in [1.165, 1.54) is 5.57 Å². The van der Waals surface area contributed by atoms with Crippen LogP contribution < -0.4 is 25.6 Å². The van der Waals surface area contributed by atoms with Crippen molar-refractivity contribution in [2.24, 2.45) is 0 Å². The molecule has 1 aromatic carbocycles. The third kappa shape index (κ3) is 3.77. The zero-order valence-electron chi connectivity index (χ0n) is 13.3. The van der Waals surface area contributed by atoms with E-state index in [9.17, 15) is 4.79 Å². The Bertz CT molecular complexity index is 639. The van der Waals surface area contributed by atoms with Gasteiger partial charge in [0, 0.05) is 25.5 Å². The summed E-state index contributed by atoms with van der Waals surface area (Å²) in [5.74, 6) is 0.860. The van der Waals surface area contributed by atoms with Gasteiger partial charge in [0.05, 0.1) is 12.2 Å². The van der Waals surface area contributed by atoms with Gasteiger partial charge in [-0.15, -0.1) is 0 Å². The smallest absolute Gasteiger partial charge is 0.318 e. The molecule has 3 rings (SSSR count). The highest BCUT2D eigenvalue weighted by Gasteiger charge is 2.20. The number of nitrogens with one attached hydrogen (secondary N) is 3. The molecular weight excluding hydrogens is 292 g/mol. The third-order valence-electron chi connectivity index (χ3n) is 3.93. The Morgan fingerprint density at radius 3 is 3.22 bits per heavy atom. The minimum absolute atomic E-state index is 0.227. The van der Waals surface area contributed by atoms with E-state index in [1.54, 1.807) is 7.05 Å². The van der Waals surface area contributed by atoms with Crippen molar-refractivity contribution >= 4 is 17.4 Å². The molecule has 0 fully saturated rings. The molecule has 1 aromatic rings. The maximum absolute atomic E-state index is 11.5. The zero-order valence-corrected chi connectivity index (χ0v) is 13.3. The Morgan fingerprint density at radius 1 is 1.43 bits per heavy atom. The Balaban J connectivity index is 1.78. The molecule has 0 radical (unpaired) electrons. The molecule has 0 bridgehead atoms. The molecule has 2 aliphatic heterocycles. The average molecular weight is 314 g/mol. The number of anilines is 2. The van der Waals surface area contributed by atoms with Crippen molar-refractivity contribution in [1.82, 2.24) is 10.6 Å². The Morgan fingerprint density at radius 2 is 2.35 bits per heavy atom. The molecule has 0 spiro atoms. The first kappa shape index (κ1) is 15.3. The summed E-state index contributed by atoms with van der Waals surface area (Å²) in [6.07, 6.45) is 8.29. The van der Waals surface area contributed by atoms with E-state index in [0.717, 1.165) is 43.1 Å². The number of carbonyl (C=O) groups is 1. The first-order valence-corrected chi connectivity index (χ1v) is 7.86. The van der Waals surface area contributed by atoms with Crippen LogP contribution in [0.15, 0.2) is 42.2 Å². The number of hydrogen-bond donors (Lipinski definition) is 3. The molecule has 0 atom stereocenters. The Hall–Kier alpha value is -2.63. The lowest BCUT2D eigenvalue weighted by Crippen LogP contribution is -2.34. The molecule has 23 heavy (non-hydrogen) atoms. The number of nitrogens with zero attached hydrogens (tertiary/aromatic N) is 1. The van der Waals surface area contributed by atoms with E-state index in [1.807, 2.05) is 24.4 Å². The van der Waals surface area contributed by atoms with Gasteiger partial charge in [0.1, 0.15) is 12.4 Å². The maximum Gasteiger partial charge on any atom is 0.318 e. The second-order valence-electron chi connectivity index (χ2n) is 5.57. The largest absolute Gasteiger partial charge is 0.490 e. The highest BCUT2D eigenvalue weighted by molar-refractivity contribution is 5.90. The van der Waals surface area contributed by atoms with Crippen LogP contribution in [-0.2, 0) is 0 Å². The molecule has 3 N–H and O–H groups in total. The van der Waals surface area contributed by atoms with Gasteiger partial charge in [-0.05, 0) is 42.8 Å². The fourth-order valence-electron chi connectivity index (χ4n) is 2.74. The normalized spacial score (nSPS) is 16.4. The Kier molecular flexibility index (Phi) is 4.71. The van der Waals surface area contributed by atoms with Gasteiger partial charge in [0.2, 0.25) is 0 Å². The van der Waals surface area contributed by atoms with Crippen LogP contribution in [0.25, 0.3) is 0 Å². The molecule has 6 heteroatoms. The quantitative estimate of drug-likeness (QED) is 0.801. The fraction of sp³-hybridized carbons (Fsp3) is 0.353. The summed E-state index contributed by atoms with van der Waals surface area (Å²) in [5, 5.41) is 8.55. The first-order valence-electron chi connectivity index (χ1n) is 7.86. The van der Waals surface area contributed by atoms with Gasteiger partial charge in [-0.25, -0.2) is 4.79 Å². The number of ether oxygens (including phenoxy) is 1. The molecule has 6 nitrogen and oxygen atoms in total. The van der Waals surface area contributed by atoms with Gasteiger partial charge in [0.15, 0.2) is 0 Å². The molecule has 0 saturated heterocycles. The highest BCUT2D eigenvalue weighted by Crippen LogP contribution is 2.34. The number of benzene rings is 1. The summed E-state index contributed by atoms with van der Waals surface area (Å²) in [4.78, 5) is 13.8. The monoisotopic (exact) mass is 314 g/mol. The van der Waals surface area contributed by atoms with E-state index in [4.69, 9.17) is 4.74 Å². The highest BCUT2D eigenvalue weighted by atomic mass is 16.5. The lowest BCUT2D eigenvalue weighted by Gasteiger charge is -2.32. The third-order valence-corrected chi connectivity index (χ3v) is 3.93. The van der Waals surface area contributed by atoms with E-state index >= 15 is 0 Å². The lowest BCUT2D eigenvalue weighted by atomic mass is 10.1. The summed E-state index contributed by atoms with van der Waals surface area (Å²) in [6.45, 7) is 2.36. The number of rotatable bonds is 3. The van der Waals surface area contributed by atoms with Crippen molar-refractivity contribution in [3.05, 3.63) is 42.2 Å². The van der Waals surface area contributed by atoms with Gasteiger partial charge < -0.3 is 25.6 Å². The summed E-state index contributed by atoms with van der Waals surface area (Å²) >= 11 is 0. The first-order chi connectivity index (χ1) is 11.3. The van der Waals surface area contributed by atoms with Crippen LogP contribution in [0, 0.1) is 0 Å². The van der Waals surface area contributed by atoms with Crippen molar-refractivity contribution < 1.29 is 9.53 Å². The second-order valence-corrected chi connectivity index (χ2v) is 5.57. The van der Waals surface area contributed by atoms with Crippen LogP contribution in [0.2, 0.25) is 0 Å². The predicted molar refractivity (Wildman–Crippen MR) is 91.8 cm³/mol. The number of hydrogen-bond acceptors (Lipinski definition) is 4. The van der Waals surface area contributed by atoms with Crippen LogP contribution in [-0.4, -0.2) is 32.8 Å². The summed E-state index contributed by atoms with van der Waals surface area (Å²) in [6, 6.07) is 5.50. The van der Waals surface area contributed by atoms with Crippen LogP contribution in [0.5, 0.6) is 5.75 Å². The number of allylic oxidation sites excluding steroid dienone is 1. The van der Waals surface area contributed by atoms with Crippen molar-refractivity contribution in [2.75, 3.05) is 37.0 Å². The maximum atomic E-state index is 11.5. The van der Waals surface area contributed by atoms with E-state index in [-0.39, 0.29) is 6.03 Å². The number of carbonyl (C=O) groups excluding carboxylic acids is 1. The van der Waals surface area contributed by atoms with Gasteiger partial charge in [-0.2, -0.15) is 0 Å². The zero-order chi connectivity index (χ0) is 16.1. The fourth-order valence-corrected chi connectivity index (χ4v) is 2.74. The molecule has 0 unspecified atom stereocenters. The SMILES string of the molecule is CNC(=O)Nc1ccc2c(c1)N(CC1=CNC=CCC1)CCO2. The summed E-state index contributed by atoms with van der Waals surface area (Å²) < 4.78 is 5.74. The van der Waals surface area contributed by atoms with Crippen molar-refractivity contribution in [2.45, 2.75) is 12.8 Å². The van der Waals surface area contributed by atoms with E-state index in [0.29, 0.717) is 6.61 Å². The number of fused-ring (bicyclic) bond motifs is 1. The van der Waals surface area contributed by atoms with E-state index < -0.39 is 0 Å². The number of amides is 2. The molecule has 0 aromatic heterocycles.